The van der Waals surface area contributed by atoms with E-state index in [2.05, 4.69) is 60.6 Å². The Morgan fingerprint density at radius 1 is 1.15 bits per heavy atom. The minimum Gasteiger partial charge on any atom is -0.497 e. The Balaban J connectivity index is 1.50. The molecule has 0 bridgehead atoms. The minimum atomic E-state index is 0.590. The van der Waals surface area contributed by atoms with Crippen molar-refractivity contribution in [2.45, 2.75) is 27.2 Å². The fourth-order valence-electron chi connectivity index (χ4n) is 3.80. The fraction of sp³-hybridized carbons (Fsp3) is 0.409. The summed E-state index contributed by atoms with van der Waals surface area (Å²) in [6.45, 7) is 9.38. The smallest absolute Gasteiger partial charge is 0.170 e. The molecule has 1 fully saturated rings. The van der Waals surface area contributed by atoms with Gasteiger partial charge in [0.1, 0.15) is 5.75 Å². The molecule has 0 spiro atoms. The first-order chi connectivity index (χ1) is 13.0. The Kier molecular flexibility index (Phi) is 6.22. The maximum absolute atomic E-state index is 5.52. The zero-order valence-electron chi connectivity index (χ0n) is 16.6. The highest BCUT2D eigenvalue weighted by Crippen LogP contribution is 2.26. The van der Waals surface area contributed by atoms with Gasteiger partial charge >= 0.3 is 0 Å². The van der Waals surface area contributed by atoms with Crippen LogP contribution in [0.3, 0.4) is 0 Å². The number of hydrogen-bond donors (Lipinski definition) is 2. The first-order valence-corrected chi connectivity index (χ1v) is 9.89. The lowest BCUT2D eigenvalue weighted by molar-refractivity contribution is 0.415. The van der Waals surface area contributed by atoms with Crippen LogP contribution in [-0.4, -0.2) is 31.9 Å². The van der Waals surface area contributed by atoms with Gasteiger partial charge in [-0.05, 0) is 80.7 Å². The summed E-state index contributed by atoms with van der Waals surface area (Å²) in [5.41, 5.74) is 6.10. The molecule has 4 nitrogen and oxygen atoms in total. The van der Waals surface area contributed by atoms with Gasteiger partial charge in [0.25, 0.3) is 0 Å². The molecule has 0 aliphatic carbocycles. The van der Waals surface area contributed by atoms with Gasteiger partial charge < -0.3 is 20.3 Å². The number of methoxy groups -OCH3 is 1. The molecule has 5 heteroatoms. The van der Waals surface area contributed by atoms with Crippen molar-refractivity contribution >= 4 is 28.7 Å². The van der Waals surface area contributed by atoms with Crippen LogP contribution in [0.4, 0.5) is 11.4 Å². The van der Waals surface area contributed by atoms with E-state index in [1.165, 1.54) is 28.8 Å². The topological polar surface area (TPSA) is 36.5 Å². The highest BCUT2D eigenvalue weighted by Gasteiger charge is 2.22. The molecule has 0 radical (unpaired) electrons. The van der Waals surface area contributed by atoms with Gasteiger partial charge in [0.05, 0.1) is 7.11 Å². The van der Waals surface area contributed by atoms with E-state index in [9.17, 15) is 0 Å². The maximum Gasteiger partial charge on any atom is 0.170 e. The Morgan fingerprint density at radius 2 is 1.81 bits per heavy atom. The summed E-state index contributed by atoms with van der Waals surface area (Å²) in [5.74, 6) is 1.49. The average Bonchev–Trinajstić information content (AvgIpc) is 3.12. The molecule has 1 atom stereocenters. The SMILES string of the molecule is COc1ccc(N2CC[C@H](CNC(=S)Nc3c(C)cc(C)cc3C)C2)cc1. The van der Waals surface area contributed by atoms with E-state index in [4.69, 9.17) is 17.0 Å². The lowest BCUT2D eigenvalue weighted by Crippen LogP contribution is -2.34. The third kappa shape index (κ3) is 4.92. The van der Waals surface area contributed by atoms with Crippen LogP contribution < -0.4 is 20.3 Å². The quantitative estimate of drug-likeness (QED) is 0.747. The van der Waals surface area contributed by atoms with Crippen LogP contribution in [0.25, 0.3) is 0 Å². The number of benzene rings is 2. The summed E-state index contributed by atoms with van der Waals surface area (Å²) in [5, 5.41) is 7.49. The Bertz CT molecular complexity index is 781. The number of thiocarbonyl (C=S) groups is 1. The first kappa shape index (κ1) is 19.5. The molecule has 2 aromatic rings. The Morgan fingerprint density at radius 3 is 2.44 bits per heavy atom. The van der Waals surface area contributed by atoms with Gasteiger partial charge in [-0.25, -0.2) is 0 Å². The fourth-order valence-corrected chi connectivity index (χ4v) is 3.98. The molecule has 0 saturated carbocycles. The number of hydrogen-bond acceptors (Lipinski definition) is 3. The molecular formula is C22H29N3OS. The van der Waals surface area contributed by atoms with Crippen molar-refractivity contribution in [3.8, 4) is 5.75 Å². The van der Waals surface area contributed by atoms with Crippen LogP contribution in [0.5, 0.6) is 5.75 Å². The second kappa shape index (κ2) is 8.61. The molecule has 0 aromatic heterocycles. The van der Waals surface area contributed by atoms with Crippen LogP contribution >= 0.6 is 12.2 Å². The predicted molar refractivity (Wildman–Crippen MR) is 118 cm³/mol. The molecular weight excluding hydrogens is 354 g/mol. The average molecular weight is 384 g/mol. The molecule has 3 rings (SSSR count). The predicted octanol–water partition coefficient (Wildman–Crippen LogP) is 4.43. The Hall–Kier alpha value is -2.27. The number of aryl methyl sites for hydroxylation is 3. The molecule has 1 saturated heterocycles. The van der Waals surface area contributed by atoms with E-state index in [-0.39, 0.29) is 0 Å². The van der Waals surface area contributed by atoms with Gasteiger partial charge in [0.2, 0.25) is 0 Å². The third-order valence-corrected chi connectivity index (χ3v) is 5.44. The third-order valence-electron chi connectivity index (χ3n) is 5.19. The number of anilines is 2. The van der Waals surface area contributed by atoms with Crippen LogP contribution in [0.2, 0.25) is 0 Å². The van der Waals surface area contributed by atoms with Gasteiger partial charge in [0.15, 0.2) is 5.11 Å². The number of nitrogens with zero attached hydrogens (tertiary/aromatic N) is 1. The molecule has 144 valence electrons. The van der Waals surface area contributed by atoms with Gasteiger partial charge in [-0.2, -0.15) is 0 Å². The molecule has 0 unspecified atom stereocenters. The monoisotopic (exact) mass is 383 g/mol. The lowest BCUT2D eigenvalue weighted by atomic mass is 10.1. The summed E-state index contributed by atoms with van der Waals surface area (Å²) in [7, 11) is 1.70. The second-order valence-corrected chi connectivity index (χ2v) is 7.82. The van der Waals surface area contributed by atoms with E-state index in [1.807, 2.05) is 12.1 Å². The normalized spacial score (nSPS) is 16.3. The number of nitrogens with one attached hydrogen (secondary N) is 2. The largest absolute Gasteiger partial charge is 0.497 e. The molecule has 2 N–H and O–H groups in total. The zero-order valence-corrected chi connectivity index (χ0v) is 17.5. The van der Waals surface area contributed by atoms with Crippen molar-refractivity contribution in [1.82, 2.24) is 5.32 Å². The molecule has 1 aliphatic rings. The molecule has 1 aliphatic heterocycles. The second-order valence-electron chi connectivity index (χ2n) is 7.41. The molecule has 2 aromatic carbocycles. The maximum atomic E-state index is 5.52. The summed E-state index contributed by atoms with van der Waals surface area (Å²) in [6.07, 6.45) is 1.17. The standard InChI is InChI=1S/C22H29N3OS/c1-15-11-16(2)21(17(3)12-15)24-22(27)23-13-18-9-10-25(14-18)19-5-7-20(26-4)8-6-19/h5-8,11-12,18H,9-10,13-14H2,1-4H3,(H2,23,24,27)/t18-/m1/s1. The van der Waals surface area contributed by atoms with Gasteiger partial charge in [0, 0.05) is 31.0 Å². The van der Waals surface area contributed by atoms with E-state index in [0.29, 0.717) is 11.0 Å². The first-order valence-electron chi connectivity index (χ1n) is 9.48. The molecule has 27 heavy (non-hydrogen) atoms. The summed E-state index contributed by atoms with van der Waals surface area (Å²) < 4.78 is 5.24. The summed E-state index contributed by atoms with van der Waals surface area (Å²) in [6, 6.07) is 12.7. The molecule has 1 heterocycles. The van der Waals surface area contributed by atoms with Crippen molar-refractivity contribution in [2.75, 3.05) is 37.0 Å². The van der Waals surface area contributed by atoms with Crippen molar-refractivity contribution in [3.63, 3.8) is 0 Å². The van der Waals surface area contributed by atoms with E-state index >= 15 is 0 Å². The van der Waals surface area contributed by atoms with Crippen molar-refractivity contribution in [3.05, 3.63) is 53.1 Å². The van der Waals surface area contributed by atoms with Gasteiger partial charge in [-0.3, -0.25) is 0 Å². The van der Waals surface area contributed by atoms with Crippen LogP contribution in [-0.2, 0) is 0 Å². The highest BCUT2D eigenvalue weighted by molar-refractivity contribution is 7.80. The van der Waals surface area contributed by atoms with Crippen molar-refractivity contribution < 1.29 is 4.74 Å². The Labute approximate surface area is 167 Å². The summed E-state index contributed by atoms with van der Waals surface area (Å²) in [4.78, 5) is 2.43. The van der Waals surface area contributed by atoms with Gasteiger partial charge in [-0.1, -0.05) is 17.7 Å². The van der Waals surface area contributed by atoms with Crippen molar-refractivity contribution in [1.29, 1.82) is 0 Å². The van der Waals surface area contributed by atoms with Crippen LogP contribution in [0.15, 0.2) is 36.4 Å². The summed E-state index contributed by atoms with van der Waals surface area (Å²) >= 11 is 5.52. The highest BCUT2D eigenvalue weighted by atomic mass is 32.1. The number of rotatable bonds is 5. The lowest BCUT2D eigenvalue weighted by Gasteiger charge is -2.20. The van der Waals surface area contributed by atoms with Crippen LogP contribution in [0, 0.1) is 26.7 Å². The van der Waals surface area contributed by atoms with E-state index in [0.717, 1.165) is 31.1 Å². The van der Waals surface area contributed by atoms with E-state index < -0.39 is 0 Å². The zero-order chi connectivity index (χ0) is 19.4. The number of ether oxygens (including phenoxy) is 1. The van der Waals surface area contributed by atoms with Crippen molar-refractivity contribution in [2.24, 2.45) is 5.92 Å². The van der Waals surface area contributed by atoms with E-state index in [1.54, 1.807) is 7.11 Å². The van der Waals surface area contributed by atoms with Gasteiger partial charge in [-0.15, -0.1) is 0 Å². The molecule has 0 amide bonds. The minimum absolute atomic E-state index is 0.590. The van der Waals surface area contributed by atoms with Crippen LogP contribution in [0.1, 0.15) is 23.1 Å².